The normalized spacial score (nSPS) is 12.1. The summed E-state index contributed by atoms with van der Waals surface area (Å²) in [5, 5.41) is 11.3. The van der Waals surface area contributed by atoms with Gasteiger partial charge < -0.3 is 23.8 Å². The lowest BCUT2D eigenvalue weighted by Gasteiger charge is -2.21. The summed E-state index contributed by atoms with van der Waals surface area (Å²) in [6.45, 7) is 13.2. The molecule has 7 nitrogen and oxygen atoms in total. The van der Waals surface area contributed by atoms with E-state index in [-0.39, 0.29) is 17.3 Å². The lowest BCUT2D eigenvalue weighted by molar-refractivity contribution is 0.0786. The van der Waals surface area contributed by atoms with Crippen LogP contribution in [0, 0.1) is 19.7 Å². The van der Waals surface area contributed by atoms with Crippen molar-refractivity contribution in [1.82, 2.24) is 14.5 Å². The minimum atomic E-state index is -1.14. The quantitative estimate of drug-likeness (QED) is 0.214. The van der Waals surface area contributed by atoms with Gasteiger partial charge in [0.05, 0.1) is 11.0 Å². The van der Waals surface area contributed by atoms with Crippen molar-refractivity contribution in [3.63, 3.8) is 0 Å². The molecular formula is C33H36FN3O4. The summed E-state index contributed by atoms with van der Waals surface area (Å²) in [4.78, 5) is 21.5. The van der Waals surface area contributed by atoms with E-state index in [2.05, 4.69) is 18.8 Å². The number of aromatic nitrogens is 3. The third-order valence-corrected chi connectivity index (χ3v) is 7.39. The third kappa shape index (κ3) is 5.20. The zero-order valence-corrected chi connectivity index (χ0v) is 24.8. The van der Waals surface area contributed by atoms with E-state index in [4.69, 9.17) is 14.1 Å². The Bertz CT molecular complexity index is 1810. The van der Waals surface area contributed by atoms with Crippen molar-refractivity contribution in [2.24, 2.45) is 7.05 Å². The number of nitrogens with one attached hydrogen (secondary N) is 1. The smallest absolute Gasteiger partial charge is 0.261 e. The molecule has 0 aliphatic heterocycles. The molecule has 0 aliphatic rings. The van der Waals surface area contributed by atoms with Crippen LogP contribution in [0.1, 0.15) is 68.7 Å². The van der Waals surface area contributed by atoms with Crippen molar-refractivity contribution >= 4 is 11.0 Å². The van der Waals surface area contributed by atoms with Gasteiger partial charge in [0.2, 0.25) is 0 Å². The minimum absolute atomic E-state index is 0.166. The van der Waals surface area contributed by atoms with Gasteiger partial charge in [0.25, 0.3) is 5.56 Å². The van der Waals surface area contributed by atoms with Gasteiger partial charge in [0.15, 0.2) is 5.76 Å². The molecule has 2 aromatic carbocycles. The molecule has 2 N–H and O–H groups in total. The number of benzene rings is 2. The molecule has 0 saturated heterocycles. The highest BCUT2D eigenvalue weighted by Crippen LogP contribution is 2.42. The number of H-pyrrole nitrogens is 1. The van der Waals surface area contributed by atoms with Crippen LogP contribution in [0.5, 0.6) is 11.5 Å². The van der Waals surface area contributed by atoms with Crippen LogP contribution in [0.2, 0.25) is 0 Å². The third-order valence-electron chi connectivity index (χ3n) is 7.39. The van der Waals surface area contributed by atoms with E-state index in [1.807, 2.05) is 13.0 Å². The number of hydrogen-bond donors (Lipinski definition) is 2. The summed E-state index contributed by atoms with van der Waals surface area (Å²) in [7, 11) is 1.69. The van der Waals surface area contributed by atoms with Gasteiger partial charge in [-0.05, 0) is 80.6 Å². The molecule has 41 heavy (non-hydrogen) atoms. The number of aliphatic hydroxyl groups is 1. The Hall–Kier alpha value is -4.17. The van der Waals surface area contributed by atoms with Gasteiger partial charge in [0.1, 0.15) is 34.4 Å². The average molecular weight is 558 g/mol. The van der Waals surface area contributed by atoms with E-state index in [1.54, 1.807) is 59.1 Å². The highest BCUT2D eigenvalue weighted by molar-refractivity contribution is 5.95. The number of ether oxygens (including phenoxy) is 1. The molecule has 8 heteroatoms. The van der Waals surface area contributed by atoms with Gasteiger partial charge in [-0.3, -0.25) is 4.79 Å². The number of rotatable bonds is 7. The van der Waals surface area contributed by atoms with Crippen molar-refractivity contribution in [2.75, 3.05) is 0 Å². The Morgan fingerprint density at radius 3 is 2.41 bits per heavy atom. The maximum atomic E-state index is 14.0. The summed E-state index contributed by atoms with van der Waals surface area (Å²) < 4.78 is 28.4. The number of imidazole rings is 1. The number of fused-ring (bicyclic) bond motifs is 1. The highest BCUT2D eigenvalue weighted by Gasteiger charge is 2.25. The topological polar surface area (TPSA) is 93.3 Å². The van der Waals surface area contributed by atoms with E-state index >= 15 is 0 Å². The lowest BCUT2D eigenvalue weighted by Crippen LogP contribution is -2.17. The fourth-order valence-corrected chi connectivity index (χ4v) is 5.15. The molecule has 0 aliphatic carbocycles. The summed E-state index contributed by atoms with van der Waals surface area (Å²) in [6, 6.07) is 10.0. The number of halogens is 1. The monoisotopic (exact) mass is 557 g/mol. The molecule has 0 bridgehead atoms. The predicted octanol–water partition coefficient (Wildman–Crippen LogP) is 7.65. The molecule has 3 heterocycles. The Kier molecular flexibility index (Phi) is 7.15. The van der Waals surface area contributed by atoms with Crippen LogP contribution < -0.4 is 10.3 Å². The molecule has 0 radical (unpaired) electrons. The van der Waals surface area contributed by atoms with Gasteiger partial charge in [-0.15, -0.1) is 0 Å². The van der Waals surface area contributed by atoms with Gasteiger partial charge in [0, 0.05) is 36.5 Å². The van der Waals surface area contributed by atoms with Gasteiger partial charge >= 0.3 is 0 Å². The first-order chi connectivity index (χ1) is 19.3. The second kappa shape index (κ2) is 10.3. The van der Waals surface area contributed by atoms with Crippen molar-refractivity contribution < 1.29 is 18.7 Å². The SMILES string of the molecule is CCc1nc(-c2cc3c(=O)n(C)cc(-c4cc(C(C)(C)O)ccc4Oc4c(C)cc(F)cc4C)c3o2)c(C(C)C)[nH]1. The van der Waals surface area contributed by atoms with E-state index in [0.717, 1.165) is 17.9 Å². The fourth-order valence-electron chi connectivity index (χ4n) is 5.15. The van der Waals surface area contributed by atoms with E-state index in [1.165, 1.54) is 16.7 Å². The fraction of sp³-hybridized carbons (Fsp3) is 0.333. The molecule has 5 aromatic rings. The van der Waals surface area contributed by atoms with Crippen LogP contribution in [0.4, 0.5) is 4.39 Å². The molecule has 0 unspecified atom stereocenters. The number of hydrogen-bond acceptors (Lipinski definition) is 5. The van der Waals surface area contributed by atoms with Crippen molar-refractivity contribution in [3.05, 3.63) is 87.0 Å². The maximum absolute atomic E-state index is 14.0. The van der Waals surface area contributed by atoms with Crippen LogP contribution in [0.25, 0.3) is 33.6 Å². The van der Waals surface area contributed by atoms with E-state index < -0.39 is 5.60 Å². The van der Waals surface area contributed by atoms with Crippen molar-refractivity contribution in [3.8, 4) is 34.1 Å². The molecule has 214 valence electrons. The Labute approximate surface area is 238 Å². The Morgan fingerprint density at radius 2 is 1.80 bits per heavy atom. The zero-order chi connectivity index (χ0) is 29.8. The molecule has 0 amide bonds. The summed E-state index contributed by atoms with van der Waals surface area (Å²) in [5.41, 5.74) is 3.86. The standard InChI is InChI=1S/C33H36FN3O4/c1-9-27-35-28(17(2)3)29(36-27)26-15-23-31(41-26)24(16-37(8)32(23)38)22-14-20(33(6,7)39)10-11-25(22)40-30-18(4)12-21(34)13-19(30)5/h10-17,39H,9H2,1-8H3,(H,35,36). The minimum Gasteiger partial charge on any atom is -0.456 e. The average Bonchev–Trinajstić information content (AvgIpc) is 3.53. The van der Waals surface area contributed by atoms with E-state index in [9.17, 15) is 14.3 Å². The van der Waals surface area contributed by atoms with Gasteiger partial charge in [-0.1, -0.05) is 26.8 Å². The second-order valence-corrected chi connectivity index (χ2v) is 11.5. The number of nitrogens with zero attached hydrogens (tertiary/aromatic N) is 2. The van der Waals surface area contributed by atoms with Crippen LogP contribution >= 0.6 is 0 Å². The first kappa shape index (κ1) is 28.4. The number of aromatic amines is 1. The molecule has 0 spiro atoms. The summed E-state index contributed by atoms with van der Waals surface area (Å²) >= 11 is 0. The number of furan rings is 1. The molecule has 3 aromatic heterocycles. The molecular weight excluding hydrogens is 521 g/mol. The van der Waals surface area contributed by atoms with Crippen molar-refractivity contribution in [1.29, 1.82) is 0 Å². The largest absolute Gasteiger partial charge is 0.456 e. The Balaban J connectivity index is 1.78. The van der Waals surface area contributed by atoms with Crippen LogP contribution in [0.3, 0.4) is 0 Å². The van der Waals surface area contributed by atoms with Crippen molar-refractivity contribution in [2.45, 2.75) is 66.4 Å². The van der Waals surface area contributed by atoms with E-state index in [0.29, 0.717) is 61.7 Å². The molecule has 0 saturated carbocycles. The summed E-state index contributed by atoms with van der Waals surface area (Å²) in [6.07, 6.45) is 2.45. The zero-order valence-electron chi connectivity index (χ0n) is 24.8. The first-order valence-electron chi connectivity index (χ1n) is 13.8. The first-order valence-corrected chi connectivity index (χ1v) is 13.8. The van der Waals surface area contributed by atoms with Gasteiger partial charge in [-0.2, -0.15) is 0 Å². The number of aryl methyl sites for hydroxylation is 4. The molecule has 0 fully saturated rings. The number of pyridine rings is 1. The summed E-state index contributed by atoms with van der Waals surface area (Å²) in [5.74, 6) is 2.18. The molecule has 0 atom stereocenters. The van der Waals surface area contributed by atoms with Crippen LogP contribution in [-0.4, -0.2) is 19.6 Å². The highest BCUT2D eigenvalue weighted by atomic mass is 19.1. The van der Waals surface area contributed by atoms with Crippen LogP contribution in [-0.2, 0) is 19.1 Å². The second-order valence-electron chi connectivity index (χ2n) is 11.5. The lowest BCUT2D eigenvalue weighted by atomic mass is 9.93. The van der Waals surface area contributed by atoms with Gasteiger partial charge in [-0.25, -0.2) is 9.37 Å². The molecule has 5 rings (SSSR count). The predicted molar refractivity (Wildman–Crippen MR) is 159 cm³/mol. The van der Waals surface area contributed by atoms with Crippen LogP contribution in [0.15, 0.2) is 51.8 Å². The maximum Gasteiger partial charge on any atom is 0.261 e. The Morgan fingerprint density at radius 1 is 1.12 bits per heavy atom.